The molecule has 0 aromatic carbocycles. The van der Waals surface area contributed by atoms with Crippen molar-refractivity contribution in [3.63, 3.8) is 0 Å². The molecule has 0 aliphatic carbocycles. The van der Waals surface area contributed by atoms with E-state index in [1.54, 1.807) is 0 Å². The van der Waals surface area contributed by atoms with E-state index in [9.17, 15) is 0 Å². The van der Waals surface area contributed by atoms with Crippen LogP contribution in [0.25, 0.3) is 0 Å². The van der Waals surface area contributed by atoms with E-state index in [2.05, 4.69) is 6.92 Å². The molecule has 0 heterocycles. The van der Waals surface area contributed by atoms with Gasteiger partial charge in [-0.1, -0.05) is 0 Å². The predicted octanol–water partition coefficient (Wildman–Crippen LogP) is -0.0974. The summed E-state index contributed by atoms with van der Waals surface area (Å²) in [6.45, 7) is 2.56. The average Bonchev–Trinajstić information content (AvgIpc) is 0.811. The maximum absolute atomic E-state index is 8.89. The molecule has 0 saturated carbocycles. The summed E-state index contributed by atoms with van der Waals surface area (Å²) >= 11 is 0. The molecule has 0 bridgehead atoms. The van der Waals surface area contributed by atoms with Crippen molar-refractivity contribution in [1.82, 2.24) is 0 Å². The number of hydrogen-bond donors (Lipinski definition) is 1. The first-order valence-electron chi connectivity index (χ1n) is 0.781. The Bertz CT molecular complexity index is 30.6. The van der Waals surface area contributed by atoms with Gasteiger partial charge in [-0.25, -0.2) is 0 Å². The Balaban J connectivity index is 0. The third-order valence-corrected chi connectivity index (χ3v) is 0. The van der Waals surface area contributed by atoms with Crippen molar-refractivity contribution in [1.29, 1.82) is 0 Å². The van der Waals surface area contributed by atoms with Gasteiger partial charge in [0.2, 0.25) is 0 Å². The monoisotopic (exact) mass is 123 g/mol. The number of rotatable bonds is 0. The van der Waals surface area contributed by atoms with Crippen LogP contribution in [-0.2, 0) is 24.3 Å². The average molecular weight is 124 g/mol. The Kier molecular flexibility index (Phi) is 7.04. The van der Waals surface area contributed by atoms with Gasteiger partial charge in [0.15, 0.2) is 5.97 Å². The number of carboxylic acid groups (broad SMARTS) is 1. The van der Waals surface area contributed by atoms with Crippen molar-refractivity contribution in [2.75, 3.05) is 0 Å². The van der Waals surface area contributed by atoms with Crippen molar-refractivity contribution in [2.24, 2.45) is 0 Å². The molecule has 0 unspecified atom stereocenters. The largest absolute Gasteiger partial charge is 0.503 e. The third kappa shape index (κ3) is 11400. The smallest absolute Gasteiger partial charge is 0.161 e. The molecule has 0 aromatic rings. The van der Waals surface area contributed by atoms with Crippen LogP contribution in [-0.4, -0.2) is 11.1 Å². The van der Waals surface area contributed by atoms with Crippen molar-refractivity contribution in [3.8, 4) is 0 Å². The zero-order chi connectivity index (χ0) is 3.58. The molecule has 0 aliphatic rings. The first-order chi connectivity index (χ1) is 1.73. The van der Waals surface area contributed by atoms with Crippen LogP contribution in [0.3, 0.4) is 0 Å². The van der Waals surface area contributed by atoms with Crippen molar-refractivity contribution in [2.45, 2.75) is 0 Å². The van der Waals surface area contributed by atoms with E-state index >= 15 is 0 Å². The predicted molar refractivity (Wildman–Crippen MR) is 13.0 cm³/mol. The van der Waals surface area contributed by atoms with Gasteiger partial charge in [0.25, 0.3) is 0 Å². The molecule has 1 N–H and O–H groups in total. The van der Waals surface area contributed by atoms with Gasteiger partial charge in [-0.15, -0.1) is 0 Å². The van der Waals surface area contributed by atoms with Gasteiger partial charge in [-0.3, -0.25) is 11.7 Å². The van der Waals surface area contributed by atoms with E-state index in [0.29, 0.717) is 0 Å². The Morgan fingerprint density at radius 3 is 1.80 bits per heavy atom. The number of hydrogen-bond acceptors (Lipinski definition) is 1. The van der Waals surface area contributed by atoms with E-state index in [1.165, 1.54) is 0 Å². The Labute approximate surface area is 42.9 Å². The fraction of sp³-hybridized carbons (Fsp3) is 0. The van der Waals surface area contributed by atoms with Gasteiger partial charge in [-0.05, 0) is 0 Å². The minimum absolute atomic E-state index is 0. The van der Waals surface area contributed by atoms with Crippen LogP contribution in [0.15, 0.2) is 0 Å². The summed E-state index contributed by atoms with van der Waals surface area (Å²) in [7, 11) is 0. The molecule has 0 aliphatic heterocycles. The molecule has 0 amide bonds. The first kappa shape index (κ1) is 8.88. The Hall–Kier alpha value is -0.0366. The Morgan fingerprint density at radius 2 is 1.80 bits per heavy atom. The molecule has 0 radical (unpaired) electrons. The van der Waals surface area contributed by atoms with Crippen LogP contribution >= 0.6 is 0 Å². The summed E-state index contributed by atoms with van der Waals surface area (Å²) in [4.78, 5) is 8.89. The standard InChI is InChI=1S/C2H3O2.Zn/c1-2(3)4;/h1H2,(H,3,4);/q-1;. The van der Waals surface area contributed by atoms with Crippen LogP contribution in [0, 0.1) is 6.92 Å². The quantitative estimate of drug-likeness (QED) is 0.362. The van der Waals surface area contributed by atoms with E-state index in [0.717, 1.165) is 0 Å². The van der Waals surface area contributed by atoms with Crippen LogP contribution in [0.1, 0.15) is 0 Å². The molecular formula is C2H3O2Zn-. The molecule has 0 rings (SSSR count). The van der Waals surface area contributed by atoms with Crippen LogP contribution in [0.4, 0.5) is 0 Å². The zero-order valence-corrected chi connectivity index (χ0v) is 5.74. The van der Waals surface area contributed by atoms with Crippen LogP contribution < -0.4 is 0 Å². The van der Waals surface area contributed by atoms with Gasteiger partial charge in [-0.2, -0.15) is 0 Å². The summed E-state index contributed by atoms with van der Waals surface area (Å²) in [5.41, 5.74) is 0. The number of carbonyl (C=O) groups is 1. The SMILES string of the molecule is [CH2-]C(=O)O.[Zn]. The molecule has 2 nitrogen and oxygen atoms in total. The molecule has 5 heavy (non-hydrogen) atoms. The summed E-state index contributed by atoms with van der Waals surface area (Å²) in [5, 5.41) is 7.31. The summed E-state index contributed by atoms with van der Waals surface area (Å²) in [5.74, 6) is -1.08. The van der Waals surface area contributed by atoms with E-state index in [1.807, 2.05) is 0 Å². The minimum Gasteiger partial charge on any atom is -0.503 e. The molecule has 0 spiro atoms. The van der Waals surface area contributed by atoms with Crippen LogP contribution in [0.2, 0.25) is 0 Å². The van der Waals surface area contributed by atoms with E-state index in [4.69, 9.17) is 9.90 Å². The normalized spacial score (nSPS) is 4.80. The van der Waals surface area contributed by atoms with Gasteiger partial charge in [0, 0.05) is 19.5 Å². The van der Waals surface area contributed by atoms with Gasteiger partial charge in [0.05, 0.1) is 0 Å². The van der Waals surface area contributed by atoms with Crippen molar-refractivity contribution >= 4 is 5.97 Å². The van der Waals surface area contributed by atoms with Crippen molar-refractivity contribution in [3.05, 3.63) is 6.92 Å². The van der Waals surface area contributed by atoms with Crippen molar-refractivity contribution < 1.29 is 29.4 Å². The molecule has 26 valence electrons. The molecule has 0 atom stereocenters. The molecule has 0 fully saturated rings. The second-order valence-corrected chi connectivity index (χ2v) is 0.394. The van der Waals surface area contributed by atoms with Gasteiger partial charge >= 0.3 is 0 Å². The summed E-state index contributed by atoms with van der Waals surface area (Å²) < 4.78 is 0. The zero-order valence-electron chi connectivity index (χ0n) is 2.77. The molecular weight excluding hydrogens is 121 g/mol. The Morgan fingerprint density at radius 1 is 1.80 bits per heavy atom. The maximum atomic E-state index is 8.89. The minimum atomic E-state index is -1.08. The second-order valence-electron chi connectivity index (χ2n) is 0.394. The van der Waals surface area contributed by atoms with Gasteiger partial charge in [0.1, 0.15) is 0 Å². The number of carboxylic acids is 1. The summed E-state index contributed by atoms with van der Waals surface area (Å²) in [6.07, 6.45) is 0. The van der Waals surface area contributed by atoms with E-state index in [-0.39, 0.29) is 19.5 Å². The maximum Gasteiger partial charge on any atom is 0.161 e. The summed E-state index contributed by atoms with van der Waals surface area (Å²) in [6, 6.07) is 0. The third-order valence-electron chi connectivity index (χ3n) is 0. The number of aliphatic carboxylic acids is 1. The first-order valence-corrected chi connectivity index (χ1v) is 0.781. The van der Waals surface area contributed by atoms with Gasteiger partial charge < -0.3 is 5.11 Å². The van der Waals surface area contributed by atoms with Crippen LogP contribution in [0.5, 0.6) is 0 Å². The molecule has 0 saturated heterocycles. The molecule has 3 heteroatoms. The fourth-order valence-electron chi connectivity index (χ4n) is 0. The topological polar surface area (TPSA) is 37.3 Å². The van der Waals surface area contributed by atoms with E-state index < -0.39 is 5.97 Å². The second kappa shape index (κ2) is 3.96. The fourth-order valence-corrected chi connectivity index (χ4v) is 0. The molecule has 0 aromatic heterocycles.